The van der Waals surface area contributed by atoms with Crippen molar-refractivity contribution in [1.29, 1.82) is 0 Å². The van der Waals surface area contributed by atoms with Crippen LogP contribution in [0.1, 0.15) is 29.0 Å². The second-order valence-corrected chi connectivity index (χ2v) is 7.31. The first-order valence-corrected chi connectivity index (χ1v) is 9.77. The zero-order valence-corrected chi connectivity index (χ0v) is 15.5. The third-order valence-electron chi connectivity index (χ3n) is 3.93. The van der Waals surface area contributed by atoms with Gasteiger partial charge in [0.15, 0.2) is 0 Å². The molecule has 0 radical (unpaired) electrons. The number of nitrogens with zero attached hydrogens (tertiary/aromatic N) is 4. The van der Waals surface area contributed by atoms with E-state index < -0.39 is 0 Å². The van der Waals surface area contributed by atoms with Crippen LogP contribution in [0.3, 0.4) is 0 Å². The number of carbonyl (C=O) groups is 1. The summed E-state index contributed by atoms with van der Waals surface area (Å²) in [5.74, 6) is -0.171. The number of thiophene rings is 1. The van der Waals surface area contributed by atoms with Gasteiger partial charge in [-0.3, -0.25) is 4.79 Å². The lowest BCUT2D eigenvalue weighted by atomic mass is 10.1. The van der Waals surface area contributed by atoms with Crippen LogP contribution in [0.5, 0.6) is 0 Å². The van der Waals surface area contributed by atoms with Crippen molar-refractivity contribution in [2.24, 2.45) is 0 Å². The molecule has 1 N–H and O–H groups in total. The molecule has 0 unspecified atom stereocenters. The van der Waals surface area contributed by atoms with Crippen LogP contribution in [0.2, 0.25) is 0 Å². The fourth-order valence-electron chi connectivity index (χ4n) is 2.51. The van der Waals surface area contributed by atoms with Gasteiger partial charge in [-0.05, 0) is 36.1 Å². The fraction of sp³-hybridized carbons (Fsp3) is 0.111. The zero-order chi connectivity index (χ0) is 17.9. The SMILES string of the molecule is C[C@@H](NC(=O)c1csc(-c2ccsc2)n1)c1ccc(-n2cncn2)cc1. The Hall–Kier alpha value is -2.84. The molecule has 6 nitrogen and oxygen atoms in total. The zero-order valence-electron chi connectivity index (χ0n) is 13.9. The topological polar surface area (TPSA) is 72.7 Å². The minimum atomic E-state index is -0.171. The molecule has 0 fully saturated rings. The Kier molecular flexibility index (Phi) is 4.59. The first-order valence-electron chi connectivity index (χ1n) is 7.94. The molecular formula is C18H15N5OS2. The Morgan fingerprint density at radius 1 is 1.19 bits per heavy atom. The highest BCUT2D eigenvalue weighted by Crippen LogP contribution is 2.26. The number of amides is 1. The van der Waals surface area contributed by atoms with Crippen LogP contribution in [0.4, 0.5) is 0 Å². The van der Waals surface area contributed by atoms with Crippen LogP contribution in [0, 0.1) is 0 Å². The predicted molar refractivity (Wildman–Crippen MR) is 103 cm³/mol. The number of rotatable bonds is 5. The van der Waals surface area contributed by atoms with Crippen molar-refractivity contribution in [2.75, 3.05) is 0 Å². The van der Waals surface area contributed by atoms with E-state index in [0.29, 0.717) is 5.69 Å². The second kappa shape index (κ2) is 7.19. The van der Waals surface area contributed by atoms with Crippen molar-refractivity contribution in [1.82, 2.24) is 25.1 Å². The highest BCUT2D eigenvalue weighted by Gasteiger charge is 2.15. The summed E-state index contributed by atoms with van der Waals surface area (Å²) in [6.07, 6.45) is 3.14. The average molecular weight is 381 g/mol. The van der Waals surface area contributed by atoms with Crippen molar-refractivity contribution >= 4 is 28.6 Å². The molecule has 0 aliphatic rings. The quantitative estimate of drug-likeness (QED) is 0.568. The minimum Gasteiger partial charge on any atom is -0.344 e. The Bertz CT molecular complexity index is 991. The molecule has 0 saturated heterocycles. The normalized spacial score (nSPS) is 12.0. The Labute approximate surface area is 158 Å². The summed E-state index contributed by atoms with van der Waals surface area (Å²) in [6.45, 7) is 1.95. The second-order valence-electron chi connectivity index (χ2n) is 5.68. The molecule has 0 spiro atoms. The number of carbonyl (C=O) groups excluding carboxylic acids is 1. The molecule has 130 valence electrons. The van der Waals surface area contributed by atoms with E-state index in [1.807, 2.05) is 48.0 Å². The van der Waals surface area contributed by atoms with E-state index in [0.717, 1.165) is 21.8 Å². The summed E-state index contributed by atoms with van der Waals surface area (Å²) < 4.78 is 1.69. The summed E-state index contributed by atoms with van der Waals surface area (Å²) in [5.41, 5.74) is 3.43. The van der Waals surface area contributed by atoms with Crippen molar-refractivity contribution in [3.63, 3.8) is 0 Å². The number of nitrogens with one attached hydrogen (secondary N) is 1. The third-order valence-corrected chi connectivity index (χ3v) is 5.50. The van der Waals surface area contributed by atoms with Crippen molar-refractivity contribution in [2.45, 2.75) is 13.0 Å². The molecule has 8 heteroatoms. The Morgan fingerprint density at radius 2 is 2.04 bits per heavy atom. The van der Waals surface area contributed by atoms with Crippen LogP contribution in [0.15, 0.2) is 59.1 Å². The largest absolute Gasteiger partial charge is 0.344 e. The fourth-order valence-corrected chi connectivity index (χ4v) is 4.02. The lowest BCUT2D eigenvalue weighted by Gasteiger charge is -2.14. The van der Waals surface area contributed by atoms with E-state index in [-0.39, 0.29) is 11.9 Å². The van der Waals surface area contributed by atoms with Crippen LogP contribution in [-0.4, -0.2) is 25.7 Å². The number of hydrogen-bond donors (Lipinski definition) is 1. The lowest BCUT2D eigenvalue weighted by molar-refractivity contribution is 0.0935. The maximum Gasteiger partial charge on any atom is 0.271 e. The maximum atomic E-state index is 12.5. The van der Waals surface area contributed by atoms with Crippen LogP contribution < -0.4 is 5.32 Å². The van der Waals surface area contributed by atoms with Gasteiger partial charge in [0.25, 0.3) is 5.91 Å². The van der Waals surface area contributed by atoms with Gasteiger partial charge in [0.05, 0.1) is 11.7 Å². The van der Waals surface area contributed by atoms with E-state index in [2.05, 4.69) is 20.4 Å². The molecule has 4 aromatic rings. The van der Waals surface area contributed by atoms with Crippen molar-refractivity contribution in [3.05, 3.63) is 70.4 Å². The summed E-state index contributed by atoms with van der Waals surface area (Å²) in [7, 11) is 0. The van der Waals surface area contributed by atoms with E-state index in [4.69, 9.17) is 0 Å². The van der Waals surface area contributed by atoms with Crippen molar-refractivity contribution < 1.29 is 4.79 Å². The van der Waals surface area contributed by atoms with Crippen LogP contribution in [-0.2, 0) is 0 Å². The minimum absolute atomic E-state index is 0.126. The molecule has 3 aromatic heterocycles. The van der Waals surface area contributed by atoms with Gasteiger partial charge in [0.1, 0.15) is 23.4 Å². The molecule has 0 bridgehead atoms. The predicted octanol–water partition coefficient (Wildman–Crippen LogP) is 3.94. The highest BCUT2D eigenvalue weighted by atomic mass is 32.1. The average Bonchev–Trinajstić information content (AvgIpc) is 3.43. The van der Waals surface area contributed by atoms with Gasteiger partial charge in [0, 0.05) is 16.3 Å². The van der Waals surface area contributed by atoms with Gasteiger partial charge in [0.2, 0.25) is 0 Å². The lowest BCUT2D eigenvalue weighted by Crippen LogP contribution is -2.26. The molecule has 4 rings (SSSR count). The molecule has 1 amide bonds. The molecule has 0 aliphatic heterocycles. The van der Waals surface area contributed by atoms with Gasteiger partial charge < -0.3 is 5.32 Å². The Morgan fingerprint density at radius 3 is 2.73 bits per heavy atom. The van der Waals surface area contributed by atoms with Gasteiger partial charge in [-0.2, -0.15) is 16.4 Å². The van der Waals surface area contributed by atoms with Crippen molar-refractivity contribution in [3.8, 4) is 16.3 Å². The van der Waals surface area contributed by atoms with Crippen LogP contribution >= 0.6 is 22.7 Å². The molecule has 3 heterocycles. The number of aromatic nitrogens is 4. The summed E-state index contributed by atoms with van der Waals surface area (Å²) in [5, 5.41) is 13.8. The monoisotopic (exact) mass is 381 g/mol. The maximum absolute atomic E-state index is 12.5. The van der Waals surface area contributed by atoms with Gasteiger partial charge >= 0.3 is 0 Å². The molecular weight excluding hydrogens is 366 g/mol. The smallest absolute Gasteiger partial charge is 0.271 e. The van der Waals surface area contributed by atoms with E-state index >= 15 is 0 Å². The third kappa shape index (κ3) is 3.42. The van der Waals surface area contributed by atoms with Gasteiger partial charge in [-0.15, -0.1) is 11.3 Å². The molecule has 0 aliphatic carbocycles. The standard InChI is InChI=1S/C18H15N5OS2/c1-12(13-2-4-15(5-3-13)23-11-19-10-20-23)21-17(24)16-9-26-18(22-16)14-6-7-25-8-14/h2-12H,1H3,(H,21,24)/t12-/m1/s1. The van der Waals surface area contributed by atoms with Crippen LogP contribution in [0.25, 0.3) is 16.3 Å². The molecule has 26 heavy (non-hydrogen) atoms. The first-order chi connectivity index (χ1) is 12.7. The summed E-state index contributed by atoms with van der Waals surface area (Å²) in [4.78, 5) is 20.9. The summed E-state index contributed by atoms with van der Waals surface area (Å²) in [6, 6.07) is 9.72. The first kappa shape index (κ1) is 16.6. The Balaban J connectivity index is 1.44. The van der Waals surface area contributed by atoms with E-state index in [1.54, 1.807) is 27.7 Å². The number of hydrogen-bond acceptors (Lipinski definition) is 6. The summed E-state index contributed by atoms with van der Waals surface area (Å²) >= 11 is 3.09. The molecule has 1 atom stereocenters. The van der Waals surface area contributed by atoms with E-state index in [9.17, 15) is 4.79 Å². The van der Waals surface area contributed by atoms with Gasteiger partial charge in [-0.25, -0.2) is 14.6 Å². The van der Waals surface area contributed by atoms with E-state index in [1.165, 1.54) is 17.7 Å². The number of thiazole rings is 1. The molecule has 1 aromatic carbocycles. The number of benzene rings is 1. The molecule has 0 saturated carbocycles. The van der Waals surface area contributed by atoms with Gasteiger partial charge in [-0.1, -0.05) is 12.1 Å². The highest BCUT2D eigenvalue weighted by molar-refractivity contribution is 7.14.